The number of carbonyl (C=O) groups excluding carboxylic acids is 1. The summed E-state index contributed by atoms with van der Waals surface area (Å²) >= 11 is 0. The number of anilines is 1. The average molecular weight is 268 g/mol. The van der Waals surface area contributed by atoms with Crippen LogP contribution in [0.5, 0.6) is 0 Å². The molecule has 1 aromatic carbocycles. The first kappa shape index (κ1) is 15.4. The molecule has 0 spiro atoms. The number of carbonyl (C=O) groups is 1. The zero-order chi connectivity index (χ0) is 14.5. The number of ether oxygens (including phenoxy) is 1. The van der Waals surface area contributed by atoms with Gasteiger partial charge in [-0.25, -0.2) is 4.39 Å². The highest BCUT2D eigenvalue weighted by molar-refractivity contribution is 5.99. The Bertz CT molecular complexity index is 447. The van der Waals surface area contributed by atoms with Gasteiger partial charge < -0.3 is 15.4 Å². The van der Waals surface area contributed by atoms with Crippen LogP contribution in [0.25, 0.3) is 0 Å². The van der Waals surface area contributed by atoms with Crippen LogP contribution in [0, 0.1) is 5.82 Å². The monoisotopic (exact) mass is 268 g/mol. The number of halogens is 1. The van der Waals surface area contributed by atoms with Crippen molar-refractivity contribution in [3.63, 3.8) is 0 Å². The number of methoxy groups -OCH3 is 1. The maximum absolute atomic E-state index is 13.7. The van der Waals surface area contributed by atoms with Crippen molar-refractivity contribution in [3.8, 4) is 0 Å². The normalized spacial score (nSPS) is 11.2. The highest BCUT2D eigenvalue weighted by atomic mass is 19.1. The fourth-order valence-electron chi connectivity index (χ4n) is 1.53. The van der Waals surface area contributed by atoms with Crippen molar-refractivity contribution in [3.05, 3.63) is 29.6 Å². The van der Waals surface area contributed by atoms with Crippen LogP contribution in [0.1, 0.15) is 31.1 Å². The molecule has 0 bridgehead atoms. The molecule has 0 aliphatic carbocycles. The van der Waals surface area contributed by atoms with Crippen molar-refractivity contribution < 1.29 is 13.9 Å². The number of para-hydroxylation sites is 1. The van der Waals surface area contributed by atoms with E-state index < -0.39 is 11.4 Å². The lowest BCUT2D eigenvalue weighted by Gasteiger charge is -2.23. The van der Waals surface area contributed by atoms with Gasteiger partial charge in [0, 0.05) is 20.2 Å². The first-order valence-electron chi connectivity index (χ1n) is 6.27. The lowest BCUT2D eigenvalue weighted by Crippen LogP contribution is -2.40. The molecular formula is C14H21FN2O2. The van der Waals surface area contributed by atoms with Crippen molar-refractivity contribution >= 4 is 11.6 Å². The predicted octanol–water partition coefficient (Wildman–Crippen LogP) is 2.41. The molecule has 0 aliphatic rings. The summed E-state index contributed by atoms with van der Waals surface area (Å²) in [6.07, 6.45) is 0. The van der Waals surface area contributed by atoms with Crippen LogP contribution in [-0.4, -0.2) is 31.7 Å². The maximum Gasteiger partial charge on any atom is 0.253 e. The summed E-state index contributed by atoms with van der Waals surface area (Å²) < 4.78 is 18.9. The SMILES string of the molecule is CCNc1c(F)cccc1C(=O)NCC(C)(C)OC. The first-order valence-corrected chi connectivity index (χ1v) is 6.27. The molecule has 0 atom stereocenters. The molecule has 4 nitrogen and oxygen atoms in total. The minimum Gasteiger partial charge on any atom is -0.382 e. The van der Waals surface area contributed by atoms with Crippen LogP contribution in [0.2, 0.25) is 0 Å². The van der Waals surface area contributed by atoms with Gasteiger partial charge in [0.15, 0.2) is 0 Å². The molecule has 0 saturated heterocycles. The Hall–Kier alpha value is -1.62. The molecule has 1 rings (SSSR count). The van der Waals surface area contributed by atoms with E-state index in [1.54, 1.807) is 13.2 Å². The predicted molar refractivity (Wildman–Crippen MR) is 74.0 cm³/mol. The minimum atomic E-state index is -0.457. The summed E-state index contributed by atoms with van der Waals surface area (Å²) in [7, 11) is 1.58. The smallest absolute Gasteiger partial charge is 0.253 e. The van der Waals surface area contributed by atoms with E-state index in [1.165, 1.54) is 12.1 Å². The number of benzene rings is 1. The Kier molecular flexibility index (Phi) is 5.30. The molecule has 0 aromatic heterocycles. The topological polar surface area (TPSA) is 50.4 Å². The number of amides is 1. The molecule has 0 unspecified atom stereocenters. The summed E-state index contributed by atoms with van der Waals surface area (Å²) in [6.45, 7) is 6.48. The molecule has 0 aliphatic heterocycles. The molecule has 19 heavy (non-hydrogen) atoms. The largest absolute Gasteiger partial charge is 0.382 e. The molecule has 0 radical (unpaired) electrons. The zero-order valence-electron chi connectivity index (χ0n) is 11.8. The summed E-state index contributed by atoms with van der Waals surface area (Å²) in [5.41, 5.74) is 0.0768. The minimum absolute atomic E-state index is 0.234. The van der Waals surface area contributed by atoms with Crippen molar-refractivity contribution in [1.29, 1.82) is 0 Å². The van der Waals surface area contributed by atoms with Gasteiger partial charge in [-0.3, -0.25) is 4.79 Å². The van der Waals surface area contributed by atoms with Crippen LogP contribution < -0.4 is 10.6 Å². The number of rotatable bonds is 6. The Balaban J connectivity index is 2.85. The van der Waals surface area contributed by atoms with Crippen molar-refractivity contribution in [1.82, 2.24) is 5.32 Å². The molecule has 0 saturated carbocycles. The first-order chi connectivity index (χ1) is 8.91. The third-order valence-electron chi connectivity index (χ3n) is 2.84. The van der Waals surface area contributed by atoms with Gasteiger partial charge in [0.1, 0.15) is 5.82 Å². The molecule has 0 fully saturated rings. The highest BCUT2D eigenvalue weighted by Crippen LogP contribution is 2.19. The number of hydrogen-bond acceptors (Lipinski definition) is 3. The summed E-state index contributed by atoms with van der Waals surface area (Å²) in [4.78, 5) is 12.1. The van der Waals surface area contributed by atoms with E-state index in [4.69, 9.17) is 4.74 Å². The molecule has 2 N–H and O–H groups in total. The van der Waals surface area contributed by atoms with Crippen LogP contribution in [0.15, 0.2) is 18.2 Å². The lowest BCUT2D eigenvalue weighted by atomic mass is 10.1. The van der Waals surface area contributed by atoms with E-state index >= 15 is 0 Å². The van der Waals surface area contributed by atoms with E-state index in [-0.39, 0.29) is 11.6 Å². The third-order valence-corrected chi connectivity index (χ3v) is 2.84. The fourth-order valence-corrected chi connectivity index (χ4v) is 1.53. The van der Waals surface area contributed by atoms with Crippen LogP contribution >= 0.6 is 0 Å². The lowest BCUT2D eigenvalue weighted by molar-refractivity contribution is 0.0229. The van der Waals surface area contributed by atoms with Gasteiger partial charge in [-0.2, -0.15) is 0 Å². The molecule has 0 heterocycles. The van der Waals surface area contributed by atoms with Gasteiger partial charge in [-0.15, -0.1) is 0 Å². The van der Waals surface area contributed by atoms with Gasteiger partial charge in [0.2, 0.25) is 0 Å². The standard InChI is InChI=1S/C14H21FN2O2/c1-5-16-12-10(7-6-8-11(12)15)13(18)17-9-14(2,3)19-4/h6-8,16H,5,9H2,1-4H3,(H,17,18). The number of hydrogen-bond donors (Lipinski definition) is 2. The zero-order valence-corrected chi connectivity index (χ0v) is 11.8. The summed E-state index contributed by atoms with van der Waals surface area (Å²) in [6, 6.07) is 4.44. The van der Waals surface area contributed by atoms with Crippen LogP contribution in [0.3, 0.4) is 0 Å². The van der Waals surface area contributed by atoms with Gasteiger partial charge in [-0.1, -0.05) is 6.07 Å². The highest BCUT2D eigenvalue weighted by Gasteiger charge is 2.20. The van der Waals surface area contributed by atoms with Gasteiger partial charge in [0.05, 0.1) is 16.9 Å². The Morgan fingerprint density at radius 2 is 2.11 bits per heavy atom. The average Bonchev–Trinajstić information content (AvgIpc) is 2.38. The Morgan fingerprint density at radius 1 is 1.42 bits per heavy atom. The van der Waals surface area contributed by atoms with Crippen LogP contribution in [-0.2, 0) is 4.74 Å². The summed E-state index contributed by atoms with van der Waals surface area (Å²) in [5.74, 6) is -0.749. The van der Waals surface area contributed by atoms with Crippen LogP contribution in [0.4, 0.5) is 10.1 Å². The van der Waals surface area contributed by atoms with Gasteiger partial charge in [-0.05, 0) is 32.9 Å². The second-order valence-electron chi connectivity index (χ2n) is 4.84. The Morgan fingerprint density at radius 3 is 2.68 bits per heavy atom. The second-order valence-corrected chi connectivity index (χ2v) is 4.84. The molecule has 106 valence electrons. The third kappa shape index (κ3) is 4.21. The van der Waals surface area contributed by atoms with E-state index in [9.17, 15) is 9.18 Å². The molecule has 1 amide bonds. The van der Waals surface area contributed by atoms with Gasteiger partial charge >= 0.3 is 0 Å². The fraction of sp³-hybridized carbons (Fsp3) is 0.500. The molecular weight excluding hydrogens is 247 g/mol. The van der Waals surface area contributed by atoms with Crippen molar-refractivity contribution in [2.45, 2.75) is 26.4 Å². The maximum atomic E-state index is 13.7. The summed E-state index contributed by atoms with van der Waals surface area (Å²) in [5, 5.41) is 5.61. The van der Waals surface area contributed by atoms with E-state index in [2.05, 4.69) is 10.6 Å². The van der Waals surface area contributed by atoms with E-state index in [0.717, 1.165) is 0 Å². The van der Waals surface area contributed by atoms with Crippen molar-refractivity contribution in [2.24, 2.45) is 0 Å². The second kappa shape index (κ2) is 6.52. The van der Waals surface area contributed by atoms with E-state index in [1.807, 2.05) is 20.8 Å². The number of nitrogens with one attached hydrogen (secondary N) is 2. The van der Waals surface area contributed by atoms with Gasteiger partial charge in [0.25, 0.3) is 5.91 Å². The molecule has 1 aromatic rings. The Labute approximate surface area is 113 Å². The van der Waals surface area contributed by atoms with E-state index in [0.29, 0.717) is 18.7 Å². The molecule has 5 heteroatoms. The van der Waals surface area contributed by atoms with Crippen molar-refractivity contribution in [2.75, 3.05) is 25.5 Å². The quantitative estimate of drug-likeness (QED) is 0.833.